The van der Waals surface area contributed by atoms with Crippen LogP contribution in [-0.4, -0.2) is 5.78 Å². The summed E-state index contributed by atoms with van der Waals surface area (Å²) in [7, 11) is 0. The lowest BCUT2D eigenvalue weighted by atomic mass is 10.1. The minimum Gasteiger partial charge on any atom is -0.295 e. The average Bonchev–Trinajstić information content (AvgIpc) is 2.14. The molecule has 0 amide bonds. The molecule has 0 aliphatic rings. The standard InChI is InChI=1S/C12H22O/c1-3-5-7-8-9-11-12(13)10-6-4-2/h9,11H,3-8,10H2,1-2H3/b11-9+. The number of carbonyl (C=O) groups excluding carboxylic acids is 1. The molecule has 0 aliphatic carbocycles. The van der Waals surface area contributed by atoms with E-state index in [0.717, 1.165) is 25.7 Å². The lowest BCUT2D eigenvalue weighted by Crippen LogP contribution is -1.91. The Balaban J connectivity index is 3.31. The Morgan fingerprint density at radius 3 is 2.38 bits per heavy atom. The molecule has 13 heavy (non-hydrogen) atoms. The van der Waals surface area contributed by atoms with Crippen molar-refractivity contribution in [2.75, 3.05) is 0 Å². The van der Waals surface area contributed by atoms with Crippen LogP contribution in [0.1, 0.15) is 58.8 Å². The summed E-state index contributed by atoms with van der Waals surface area (Å²) in [5, 5.41) is 0. The van der Waals surface area contributed by atoms with Gasteiger partial charge < -0.3 is 0 Å². The molecule has 0 rings (SSSR count). The quantitative estimate of drug-likeness (QED) is 0.411. The first kappa shape index (κ1) is 12.4. The molecule has 0 unspecified atom stereocenters. The van der Waals surface area contributed by atoms with Gasteiger partial charge in [-0.25, -0.2) is 0 Å². The minimum atomic E-state index is 0.290. The van der Waals surface area contributed by atoms with Gasteiger partial charge in [-0.15, -0.1) is 0 Å². The van der Waals surface area contributed by atoms with Gasteiger partial charge in [-0.3, -0.25) is 4.79 Å². The molecule has 1 heteroatoms. The second-order valence-electron chi connectivity index (χ2n) is 3.47. The van der Waals surface area contributed by atoms with Crippen molar-refractivity contribution in [1.82, 2.24) is 0 Å². The first-order valence-corrected chi connectivity index (χ1v) is 5.50. The van der Waals surface area contributed by atoms with E-state index in [4.69, 9.17) is 0 Å². The maximum Gasteiger partial charge on any atom is 0.155 e. The van der Waals surface area contributed by atoms with E-state index in [1.165, 1.54) is 19.3 Å². The Hall–Kier alpha value is -0.590. The van der Waals surface area contributed by atoms with Gasteiger partial charge in [0.1, 0.15) is 0 Å². The molecule has 0 aliphatic heterocycles. The van der Waals surface area contributed by atoms with E-state index >= 15 is 0 Å². The van der Waals surface area contributed by atoms with Crippen LogP contribution in [0.4, 0.5) is 0 Å². The van der Waals surface area contributed by atoms with Gasteiger partial charge in [0.15, 0.2) is 5.78 Å². The van der Waals surface area contributed by atoms with Crippen LogP contribution >= 0.6 is 0 Å². The van der Waals surface area contributed by atoms with Crippen LogP contribution in [0.3, 0.4) is 0 Å². The van der Waals surface area contributed by atoms with E-state index in [0.29, 0.717) is 5.78 Å². The number of hydrogen-bond donors (Lipinski definition) is 0. The predicted molar refractivity (Wildman–Crippen MR) is 57.8 cm³/mol. The summed E-state index contributed by atoms with van der Waals surface area (Å²) in [4.78, 5) is 11.1. The van der Waals surface area contributed by atoms with Gasteiger partial charge in [0.2, 0.25) is 0 Å². The van der Waals surface area contributed by atoms with Crippen molar-refractivity contribution in [3.05, 3.63) is 12.2 Å². The molecule has 0 saturated carbocycles. The van der Waals surface area contributed by atoms with Crippen LogP contribution in [0.5, 0.6) is 0 Å². The van der Waals surface area contributed by atoms with E-state index in [2.05, 4.69) is 13.8 Å². The Bertz CT molecular complexity index is 147. The van der Waals surface area contributed by atoms with Crippen LogP contribution in [0.2, 0.25) is 0 Å². The molecular weight excluding hydrogens is 160 g/mol. The smallest absolute Gasteiger partial charge is 0.155 e. The number of unbranched alkanes of at least 4 members (excludes halogenated alkanes) is 4. The molecule has 0 aromatic rings. The second kappa shape index (κ2) is 9.50. The van der Waals surface area contributed by atoms with Crippen molar-refractivity contribution >= 4 is 5.78 Å². The molecule has 0 aromatic carbocycles. The summed E-state index contributed by atoms with van der Waals surface area (Å²) in [5.74, 6) is 0.290. The van der Waals surface area contributed by atoms with Gasteiger partial charge in [-0.1, -0.05) is 39.2 Å². The lowest BCUT2D eigenvalue weighted by molar-refractivity contribution is -0.114. The topological polar surface area (TPSA) is 17.1 Å². The molecule has 0 saturated heterocycles. The third-order valence-corrected chi connectivity index (χ3v) is 2.05. The summed E-state index contributed by atoms with van der Waals surface area (Å²) in [6.07, 6.45) is 11.4. The normalized spacial score (nSPS) is 10.9. The summed E-state index contributed by atoms with van der Waals surface area (Å²) in [5.41, 5.74) is 0. The Morgan fingerprint density at radius 2 is 1.77 bits per heavy atom. The zero-order valence-corrected chi connectivity index (χ0v) is 9.01. The molecule has 0 heterocycles. The average molecular weight is 182 g/mol. The van der Waals surface area contributed by atoms with Crippen molar-refractivity contribution in [2.45, 2.75) is 58.8 Å². The van der Waals surface area contributed by atoms with Gasteiger partial charge in [0, 0.05) is 6.42 Å². The molecule has 0 fully saturated rings. The van der Waals surface area contributed by atoms with Crippen LogP contribution in [-0.2, 0) is 4.79 Å². The Morgan fingerprint density at radius 1 is 1.08 bits per heavy atom. The molecule has 0 N–H and O–H groups in total. The van der Waals surface area contributed by atoms with Crippen LogP contribution in [0.25, 0.3) is 0 Å². The molecule has 0 spiro atoms. The highest BCUT2D eigenvalue weighted by Crippen LogP contribution is 2.01. The van der Waals surface area contributed by atoms with Crippen molar-refractivity contribution in [2.24, 2.45) is 0 Å². The Kier molecular flexibility index (Phi) is 9.07. The number of allylic oxidation sites excluding steroid dienone is 2. The number of carbonyl (C=O) groups is 1. The molecule has 76 valence electrons. The zero-order valence-electron chi connectivity index (χ0n) is 9.01. The van der Waals surface area contributed by atoms with Gasteiger partial charge in [-0.05, 0) is 25.3 Å². The predicted octanol–water partition coefficient (Wildman–Crippen LogP) is 3.88. The van der Waals surface area contributed by atoms with Crippen LogP contribution in [0.15, 0.2) is 12.2 Å². The minimum absolute atomic E-state index is 0.290. The van der Waals surface area contributed by atoms with E-state index in [1.807, 2.05) is 6.08 Å². The summed E-state index contributed by atoms with van der Waals surface area (Å²) in [6, 6.07) is 0. The summed E-state index contributed by atoms with van der Waals surface area (Å²) in [6.45, 7) is 4.30. The zero-order chi connectivity index (χ0) is 9.94. The third-order valence-electron chi connectivity index (χ3n) is 2.05. The maximum atomic E-state index is 11.1. The van der Waals surface area contributed by atoms with Crippen molar-refractivity contribution in [1.29, 1.82) is 0 Å². The largest absolute Gasteiger partial charge is 0.295 e. The van der Waals surface area contributed by atoms with Gasteiger partial charge in [0.05, 0.1) is 0 Å². The van der Waals surface area contributed by atoms with Crippen molar-refractivity contribution in [3.8, 4) is 0 Å². The number of hydrogen-bond acceptors (Lipinski definition) is 1. The summed E-state index contributed by atoms with van der Waals surface area (Å²) < 4.78 is 0. The number of rotatable bonds is 8. The molecule has 0 bridgehead atoms. The van der Waals surface area contributed by atoms with E-state index in [-0.39, 0.29) is 0 Å². The highest BCUT2D eigenvalue weighted by molar-refractivity contribution is 5.89. The SMILES string of the molecule is CCCCC/C=C/C(=O)CCCC. The second-order valence-corrected chi connectivity index (χ2v) is 3.47. The maximum absolute atomic E-state index is 11.1. The van der Waals surface area contributed by atoms with Crippen molar-refractivity contribution in [3.63, 3.8) is 0 Å². The van der Waals surface area contributed by atoms with Gasteiger partial charge in [0.25, 0.3) is 0 Å². The fourth-order valence-corrected chi connectivity index (χ4v) is 1.16. The van der Waals surface area contributed by atoms with Gasteiger partial charge in [-0.2, -0.15) is 0 Å². The fraction of sp³-hybridized carbons (Fsp3) is 0.750. The number of ketones is 1. The first-order valence-electron chi connectivity index (χ1n) is 5.50. The fourth-order valence-electron chi connectivity index (χ4n) is 1.16. The molecule has 0 radical (unpaired) electrons. The van der Waals surface area contributed by atoms with Crippen LogP contribution < -0.4 is 0 Å². The monoisotopic (exact) mass is 182 g/mol. The molecule has 1 nitrogen and oxygen atoms in total. The van der Waals surface area contributed by atoms with E-state index in [1.54, 1.807) is 6.08 Å². The van der Waals surface area contributed by atoms with Crippen molar-refractivity contribution < 1.29 is 4.79 Å². The van der Waals surface area contributed by atoms with Gasteiger partial charge >= 0.3 is 0 Å². The van der Waals surface area contributed by atoms with Crippen LogP contribution in [0, 0.1) is 0 Å². The highest BCUT2D eigenvalue weighted by atomic mass is 16.1. The summed E-state index contributed by atoms with van der Waals surface area (Å²) >= 11 is 0. The third kappa shape index (κ3) is 9.32. The van der Waals surface area contributed by atoms with E-state index in [9.17, 15) is 4.79 Å². The molecular formula is C12H22O. The highest BCUT2D eigenvalue weighted by Gasteiger charge is 1.93. The molecule has 0 aromatic heterocycles. The van der Waals surface area contributed by atoms with E-state index < -0.39 is 0 Å². The molecule has 0 atom stereocenters. The Labute approximate surface area is 82.2 Å². The lowest BCUT2D eigenvalue weighted by Gasteiger charge is -1.93. The first-order chi connectivity index (χ1) is 6.31.